The molecule has 3 nitrogen and oxygen atoms in total. The summed E-state index contributed by atoms with van der Waals surface area (Å²) in [5.41, 5.74) is 2.20. The zero-order valence-corrected chi connectivity index (χ0v) is 7.82. The molecular weight excluding hydrogens is 180 g/mol. The second-order valence-corrected chi connectivity index (χ2v) is 3.75. The van der Waals surface area contributed by atoms with Gasteiger partial charge in [-0.1, -0.05) is 0 Å². The lowest BCUT2D eigenvalue weighted by Crippen LogP contribution is -2.15. The molecule has 1 aromatic rings. The lowest BCUT2D eigenvalue weighted by molar-refractivity contribution is 0.167. The molecule has 1 atom stereocenters. The van der Waals surface area contributed by atoms with Gasteiger partial charge in [-0.05, 0) is 36.1 Å². The summed E-state index contributed by atoms with van der Waals surface area (Å²) in [6.07, 6.45) is 1.44. The van der Waals surface area contributed by atoms with Gasteiger partial charge in [0.15, 0.2) is 11.5 Å². The molecule has 1 N–H and O–H groups in total. The Bertz CT molecular complexity index is 372. The monoisotopic (exact) mass is 192 g/mol. The molecule has 0 amide bonds. The second-order valence-electron chi connectivity index (χ2n) is 3.75. The van der Waals surface area contributed by atoms with E-state index in [1.165, 1.54) is 5.56 Å². The van der Waals surface area contributed by atoms with Crippen molar-refractivity contribution < 1.29 is 14.6 Å². The molecule has 1 unspecified atom stereocenters. The Morgan fingerprint density at radius 1 is 1.14 bits per heavy atom. The first-order valence-electron chi connectivity index (χ1n) is 4.95. The summed E-state index contributed by atoms with van der Waals surface area (Å²) in [7, 11) is 0. The second kappa shape index (κ2) is 2.89. The smallest absolute Gasteiger partial charge is 0.161 e. The average Bonchev–Trinajstić information content (AvgIpc) is 2.57. The SMILES string of the molecule is OC1CCc2cc3c(cc21)OCCO3. The van der Waals surface area contributed by atoms with Gasteiger partial charge in [0.25, 0.3) is 0 Å². The van der Waals surface area contributed by atoms with Crippen LogP contribution in [0.5, 0.6) is 11.5 Å². The van der Waals surface area contributed by atoms with E-state index in [1.807, 2.05) is 12.1 Å². The summed E-state index contributed by atoms with van der Waals surface area (Å²) < 4.78 is 10.9. The number of benzene rings is 1. The van der Waals surface area contributed by atoms with Crippen molar-refractivity contribution in [2.75, 3.05) is 13.2 Å². The maximum Gasteiger partial charge on any atom is 0.161 e. The van der Waals surface area contributed by atoms with Gasteiger partial charge >= 0.3 is 0 Å². The summed E-state index contributed by atoms with van der Waals surface area (Å²) in [5.74, 6) is 1.60. The van der Waals surface area contributed by atoms with Crippen LogP contribution in [0.3, 0.4) is 0 Å². The van der Waals surface area contributed by atoms with Crippen molar-refractivity contribution in [2.45, 2.75) is 18.9 Å². The topological polar surface area (TPSA) is 38.7 Å². The fourth-order valence-electron chi connectivity index (χ4n) is 2.12. The van der Waals surface area contributed by atoms with Gasteiger partial charge in [-0.3, -0.25) is 0 Å². The molecule has 0 radical (unpaired) electrons. The van der Waals surface area contributed by atoms with Gasteiger partial charge in [0.05, 0.1) is 6.10 Å². The van der Waals surface area contributed by atoms with E-state index in [1.54, 1.807) is 0 Å². The zero-order valence-electron chi connectivity index (χ0n) is 7.82. The van der Waals surface area contributed by atoms with Crippen LogP contribution in [-0.4, -0.2) is 18.3 Å². The molecule has 2 aliphatic rings. The Hall–Kier alpha value is -1.22. The maximum absolute atomic E-state index is 9.69. The molecule has 1 aliphatic heterocycles. The molecule has 0 spiro atoms. The highest BCUT2D eigenvalue weighted by Crippen LogP contribution is 2.40. The Labute approximate surface area is 82.3 Å². The number of rotatable bonds is 0. The van der Waals surface area contributed by atoms with Crippen LogP contribution in [0.2, 0.25) is 0 Å². The van der Waals surface area contributed by atoms with E-state index in [0.29, 0.717) is 13.2 Å². The summed E-state index contributed by atoms with van der Waals surface area (Å²) in [6, 6.07) is 3.92. The number of ether oxygens (including phenoxy) is 2. The minimum absolute atomic E-state index is 0.319. The molecule has 0 saturated heterocycles. The van der Waals surface area contributed by atoms with E-state index in [4.69, 9.17) is 9.47 Å². The fourth-order valence-corrected chi connectivity index (χ4v) is 2.12. The van der Waals surface area contributed by atoms with E-state index in [2.05, 4.69) is 0 Å². The number of hydrogen-bond donors (Lipinski definition) is 1. The van der Waals surface area contributed by atoms with Crippen molar-refractivity contribution >= 4 is 0 Å². The van der Waals surface area contributed by atoms with E-state index in [9.17, 15) is 5.11 Å². The minimum Gasteiger partial charge on any atom is -0.486 e. The predicted molar refractivity (Wildman–Crippen MR) is 50.7 cm³/mol. The molecule has 3 rings (SSSR count). The van der Waals surface area contributed by atoms with Crippen LogP contribution in [0.25, 0.3) is 0 Å². The highest BCUT2D eigenvalue weighted by atomic mass is 16.6. The summed E-state index contributed by atoms with van der Waals surface area (Å²) in [6.45, 7) is 1.22. The number of fused-ring (bicyclic) bond motifs is 2. The van der Waals surface area contributed by atoms with Crippen LogP contribution in [0.1, 0.15) is 23.7 Å². The van der Waals surface area contributed by atoms with Gasteiger partial charge in [-0.2, -0.15) is 0 Å². The number of aryl methyl sites for hydroxylation is 1. The maximum atomic E-state index is 9.69. The van der Waals surface area contributed by atoms with Gasteiger partial charge in [0.2, 0.25) is 0 Å². The fraction of sp³-hybridized carbons (Fsp3) is 0.455. The largest absolute Gasteiger partial charge is 0.486 e. The first-order chi connectivity index (χ1) is 6.84. The van der Waals surface area contributed by atoms with Gasteiger partial charge in [0, 0.05) is 0 Å². The van der Waals surface area contributed by atoms with Crippen LogP contribution in [-0.2, 0) is 6.42 Å². The number of hydrogen-bond acceptors (Lipinski definition) is 3. The van der Waals surface area contributed by atoms with Crippen molar-refractivity contribution in [3.63, 3.8) is 0 Å². The van der Waals surface area contributed by atoms with E-state index in [-0.39, 0.29) is 6.10 Å². The average molecular weight is 192 g/mol. The summed E-state index contributed by atoms with van der Waals surface area (Å²) in [4.78, 5) is 0. The molecule has 1 aromatic carbocycles. The van der Waals surface area contributed by atoms with E-state index >= 15 is 0 Å². The van der Waals surface area contributed by atoms with Gasteiger partial charge in [0.1, 0.15) is 13.2 Å². The number of aliphatic hydroxyl groups excluding tert-OH is 1. The van der Waals surface area contributed by atoms with Crippen LogP contribution >= 0.6 is 0 Å². The van der Waals surface area contributed by atoms with Gasteiger partial charge in [-0.25, -0.2) is 0 Å². The van der Waals surface area contributed by atoms with Crippen LogP contribution in [0.15, 0.2) is 12.1 Å². The van der Waals surface area contributed by atoms with Crippen LogP contribution in [0.4, 0.5) is 0 Å². The Kier molecular flexibility index (Phi) is 1.67. The van der Waals surface area contributed by atoms with Crippen molar-refractivity contribution in [1.82, 2.24) is 0 Å². The van der Waals surface area contributed by atoms with Crippen molar-refractivity contribution in [1.29, 1.82) is 0 Å². The van der Waals surface area contributed by atoms with Crippen molar-refractivity contribution in [3.05, 3.63) is 23.3 Å². The molecule has 14 heavy (non-hydrogen) atoms. The zero-order chi connectivity index (χ0) is 9.54. The quantitative estimate of drug-likeness (QED) is 0.676. The molecule has 0 fully saturated rings. The first kappa shape index (κ1) is 8.12. The Morgan fingerprint density at radius 3 is 2.64 bits per heavy atom. The van der Waals surface area contributed by atoms with Crippen LogP contribution < -0.4 is 9.47 Å². The Morgan fingerprint density at radius 2 is 1.86 bits per heavy atom. The molecule has 1 aliphatic carbocycles. The third-order valence-corrected chi connectivity index (χ3v) is 2.85. The van der Waals surface area contributed by atoms with Crippen molar-refractivity contribution in [3.8, 4) is 11.5 Å². The number of aliphatic hydroxyl groups is 1. The highest BCUT2D eigenvalue weighted by molar-refractivity contribution is 5.50. The van der Waals surface area contributed by atoms with Crippen molar-refractivity contribution in [2.24, 2.45) is 0 Å². The molecule has 0 aromatic heterocycles. The lowest BCUT2D eigenvalue weighted by Gasteiger charge is -2.19. The third kappa shape index (κ3) is 1.09. The van der Waals surface area contributed by atoms with E-state index in [0.717, 1.165) is 29.9 Å². The standard InChI is InChI=1S/C11H12O3/c12-9-2-1-7-5-10-11(6-8(7)9)14-4-3-13-10/h5-6,9,12H,1-4H2. The van der Waals surface area contributed by atoms with E-state index < -0.39 is 0 Å². The first-order valence-corrected chi connectivity index (χ1v) is 4.95. The van der Waals surface area contributed by atoms with Gasteiger partial charge < -0.3 is 14.6 Å². The minimum atomic E-state index is -0.319. The molecule has 0 saturated carbocycles. The third-order valence-electron chi connectivity index (χ3n) is 2.85. The highest BCUT2D eigenvalue weighted by Gasteiger charge is 2.24. The predicted octanol–water partition coefficient (Wildman–Crippen LogP) is 1.44. The molecule has 1 heterocycles. The molecule has 74 valence electrons. The lowest BCUT2D eigenvalue weighted by atomic mass is 10.1. The molecule has 3 heteroatoms. The molecular formula is C11H12O3. The normalized spacial score (nSPS) is 23.4. The van der Waals surface area contributed by atoms with Gasteiger partial charge in [-0.15, -0.1) is 0 Å². The summed E-state index contributed by atoms with van der Waals surface area (Å²) >= 11 is 0. The van der Waals surface area contributed by atoms with Crippen LogP contribution in [0, 0.1) is 0 Å². The molecule has 0 bridgehead atoms. The summed E-state index contributed by atoms with van der Waals surface area (Å²) in [5, 5.41) is 9.69. The Balaban J connectivity index is 2.11.